The summed E-state index contributed by atoms with van der Waals surface area (Å²) in [4.78, 5) is 105. The number of hydrogen-bond acceptors (Lipinski definition) is 8. The second-order valence-electron chi connectivity index (χ2n) is 15.6. The first kappa shape index (κ1) is 47.9. The molecule has 0 atom stereocenters. The summed E-state index contributed by atoms with van der Waals surface area (Å²) in [6, 6.07) is -1.91. The second kappa shape index (κ2) is 28.9. The normalized spacial score (nSPS) is 16.5. The number of nitrogens with zero attached hydrogens (tertiary/aromatic N) is 4. The molecular formula is C41H71N9O8. The number of rotatable bonds is 21. The molecular weight excluding hydrogens is 747 g/mol. The van der Waals surface area contributed by atoms with E-state index in [1.807, 2.05) is 0 Å². The van der Waals surface area contributed by atoms with Crippen molar-refractivity contribution in [1.82, 2.24) is 46.2 Å². The first-order valence-corrected chi connectivity index (χ1v) is 22.3. The van der Waals surface area contributed by atoms with Gasteiger partial charge in [-0.1, -0.05) is 57.8 Å². The molecule has 3 fully saturated rings. The van der Waals surface area contributed by atoms with Gasteiger partial charge >= 0.3 is 30.2 Å². The van der Waals surface area contributed by atoms with Gasteiger partial charge in [-0.15, -0.1) is 0 Å². The molecule has 13 amide bonds. The number of imide groups is 4. The maximum absolute atomic E-state index is 13.2. The highest BCUT2D eigenvalue weighted by atomic mass is 16.2. The Balaban J connectivity index is 1.32. The predicted molar refractivity (Wildman–Crippen MR) is 220 cm³/mol. The van der Waals surface area contributed by atoms with Crippen LogP contribution in [0.1, 0.15) is 154 Å². The summed E-state index contributed by atoms with van der Waals surface area (Å²) in [5.74, 6) is -0.358. The van der Waals surface area contributed by atoms with Crippen LogP contribution < -0.4 is 26.6 Å². The lowest BCUT2D eigenvalue weighted by atomic mass is 10.2. The van der Waals surface area contributed by atoms with Crippen LogP contribution in [0.5, 0.6) is 0 Å². The molecule has 328 valence electrons. The van der Waals surface area contributed by atoms with Gasteiger partial charge in [0.1, 0.15) is 0 Å². The summed E-state index contributed by atoms with van der Waals surface area (Å²) in [5, 5.41) is 14.3. The molecule has 3 rings (SSSR count). The highest BCUT2D eigenvalue weighted by Gasteiger charge is 2.25. The van der Waals surface area contributed by atoms with E-state index in [9.17, 15) is 38.4 Å². The van der Waals surface area contributed by atoms with Crippen molar-refractivity contribution in [2.75, 3.05) is 58.9 Å². The quantitative estimate of drug-likeness (QED) is 0.0902. The van der Waals surface area contributed by atoms with Gasteiger partial charge in [0.2, 0.25) is 17.7 Å². The maximum atomic E-state index is 13.2. The van der Waals surface area contributed by atoms with E-state index in [1.165, 1.54) is 19.6 Å². The number of nitrogens with one attached hydrogen (secondary N) is 5. The Bertz CT molecular complexity index is 1260. The van der Waals surface area contributed by atoms with Crippen molar-refractivity contribution in [3.63, 3.8) is 0 Å². The molecule has 17 nitrogen and oxygen atoms in total. The van der Waals surface area contributed by atoms with Crippen molar-refractivity contribution in [3.05, 3.63) is 0 Å². The van der Waals surface area contributed by atoms with E-state index in [2.05, 4.69) is 26.6 Å². The summed E-state index contributed by atoms with van der Waals surface area (Å²) in [7, 11) is 0. The van der Waals surface area contributed by atoms with Crippen LogP contribution in [0.4, 0.5) is 24.0 Å². The average molecular weight is 818 g/mol. The fraction of sp³-hybridized carbons (Fsp3) is 0.805. The molecule has 0 aromatic rings. The summed E-state index contributed by atoms with van der Waals surface area (Å²) in [6.07, 6.45) is 18.2. The van der Waals surface area contributed by atoms with Gasteiger partial charge in [-0.25, -0.2) is 28.9 Å². The number of likely N-dealkylation sites (tertiary alicyclic amines) is 3. The minimum atomic E-state index is -0.458. The number of unbranched alkanes of at least 4 members (excludes halogenated alkanes) is 9. The van der Waals surface area contributed by atoms with E-state index >= 15 is 0 Å². The number of urea groups is 5. The fourth-order valence-electron chi connectivity index (χ4n) is 7.30. The average Bonchev–Trinajstić information content (AvgIpc) is 3.67. The Morgan fingerprint density at radius 2 is 0.672 bits per heavy atom. The Morgan fingerprint density at radius 3 is 1.00 bits per heavy atom. The van der Waals surface area contributed by atoms with Crippen LogP contribution in [0.25, 0.3) is 0 Å². The van der Waals surface area contributed by atoms with Gasteiger partial charge in [0, 0.05) is 78.2 Å². The number of hydrogen-bond donors (Lipinski definition) is 5. The van der Waals surface area contributed by atoms with Crippen LogP contribution in [0, 0.1) is 0 Å². The van der Waals surface area contributed by atoms with E-state index in [1.54, 1.807) is 0 Å². The smallest absolute Gasteiger partial charge is 0.325 e. The van der Waals surface area contributed by atoms with Crippen molar-refractivity contribution < 1.29 is 38.4 Å². The van der Waals surface area contributed by atoms with Gasteiger partial charge in [-0.05, 0) is 77.0 Å². The van der Waals surface area contributed by atoms with Gasteiger partial charge in [0.25, 0.3) is 0 Å². The largest absolute Gasteiger partial charge is 0.338 e. The number of carbonyl (C=O) groups is 8. The highest BCUT2D eigenvalue weighted by Crippen LogP contribution is 2.14. The van der Waals surface area contributed by atoms with Gasteiger partial charge in [0.05, 0.1) is 0 Å². The van der Waals surface area contributed by atoms with Crippen molar-refractivity contribution in [3.8, 4) is 0 Å². The standard InChI is InChI=1S/C41H71N9O8/c51-34-22-10-7-19-30-47(34)37(54)42-25-13-1-3-15-28-45-40(57)50(33-18-6-5-17-27-44-39(56)49-32-21-9-12-24-36(49)53)41(58)46-29-16-4-2-14-26-43-38(55)48-31-20-8-11-23-35(48)52/h1-33H2,(H,42,54)(H,43,55)(H,44,56)(H,45,57)(H,46,58). The van der Waals surface area contributed by atoms with Crippen molar-refractivity contribution in [2.45, 2.75) is 154 Å². The third kappa shape index (κ3) is 18.9. The summed E-state index contributed by atoms with van der Waals surface area (Å²) < 4.78 is 0. The Hall–Kier alpha value is -4.44. The number of amides is 13. The highest BCUT2D eigenvalue weighted by molar-refractivity contribution is 5.96. The maximum Gasteiger partial charge on any atom is 0.325 e. The molecule has 3 saturated heterocycles. The molecule has 0 aliphatic carbocycles. The lowest BCUT2D eigenvalue weighted by Crippen LogP contribution is -2.49. The minimum Gasteiger partial charge on any atom is -0.338 e. The zero-order chi connectivity index (χ0) is 41.8. The van der Waals surface area contributed by atoms with E-state index in [4.69, 9.17) is 0 Å². The molecule has 0 aromatic carbocycles. The zero-order valence-corrected chi connectivity index (χ0v) is 34.9. The van der Waals surface area contributed by atoms with Crippen LogP contribution in [0.3, 0.4) is 0 Å². The Morgan fingerprint density at radius 1 is 0.379 bits per heavy atom. The van der Waals surface area contributed by atoms with Gasteiger partial charge in [-0.3, -0.25) is 29.1 Å². The van der Waals surface area contributed by atoms with Gasteiger partial charge < -0.3 is 26.6 Å². The van der Waals surface area contributed by atoms with E-state index in [0.717, 1.165) is 109 Å². The van der Waals surface area contributed by atoms with E-state index in [-0.39, 0.29) is 42.4 Å². The van der Waals surface area contributed by atoms with Crippen LogP contribution in [0.15, 0.2) is 0 Å². The molecule has 3 aliphatic rings. The SMILES string of the molecule is O=C1CCCCCN1C(=O)NCCCCCCNC(=O)N(CCCCCCNC(=O)N1CCCCCC1=O)C(=O)NCCCCCCNC(=O)N1CCCCCC1=O. The lowest BCUT2D eigenvalue weighted by molar-refractivity contribution is -0.128. The topological polar surface area (TPSA) is 210 Å². The molecule has 17 heteroatoms. The van der Waals surface area contributed by atoms with Crippen molar-refractivity contribution >= 4 is 47.9 Å². The molecule has 0 radical (unpaired) electrons. The van der Waals surface area contributed by atoms with Crippen molar-refractivity contribution in [1.29, 1.82) is 0 Å². The molecule has 5 N–H and O–H groups in total. The Kier molecular flexibility index (Phi) is 23.9. The van der Waals surface area contributed by atoms with E-state index < -0.39 is 12.1 Å². The Labute approximate surface area is 344 Å². The van der Waals surface area contributed by atoms with Crippen LogP contribution in [-0.4, -0.2) is 126 Å². The minimum absolute atomic E-state index is 0.116. The fourth-order valence-corrected chi connectivity index (χ4v) is 7.30. The molecule has 0 spiro atoms. The molecule has 0 aromatic heterocycles. The van der Waals surface area contributed by atoms with E-state index in [0.29, 0.717) is 97.3 Å². The predicted octanol–water partition coefficient (Wildman–Crippen LogP) is 5.73. The van der Waals surface area contributed by atoms with Crippen LogP contribution >= 0.6 is 0 Å². The van der Waals surface area contributed by atoms with Gasteiger partial charge in [-0.2, -0.15) is 0 Å². The molecule has 0 bridgehead atoms. The molecule has 0 saturated carbocycles. The van der Waals surface area contributed by atoms with Gasteiger partial charge in [0.15, 0.2) is 0 Å². The monoisotopic (exact) mass is 818 g/mol. The molecule has 0 unspecified atom stereocenters. The third-order valence-corrected chi connectivity index (χ3v) is 10.8. The summed E-state index contributed by atoms with van der Waals surface area (Å²) >= 11 is 0. The zero-order valence-electron chi connectivity index (χ0n) is 34.9. The van der Waals surface area contributed by atoms with Crippen LogP contribution in [0.2, 0.25) is 0 Å². The number of carbonyl (C=O) groups excluding carboxylic acids is 8. The first-order valence-electron chi connectivity index (χ1n) is 22.3. The summed E-state index contributed by atoms with van der Waals surface area (Å²) in [5.41, 5.74) is 0. The summed E-state index contributed by atoms with van der Waals surface area (Å²) in [6.45, 7) is 3.83. The molecule has 58 heavy (non-hydrogen) atoms. The molecule has 3 aliphatic heterocycles. The first-order chi connectivity index (χ1) is 28.2. The van der Waals surface area contributed by atoms with Crippen LogP contribution in [-0.2, 0) is 14.4 Å². The lowest BCUT2D eigenvalue weighted by Gasteiger charge is -2.22. The van der Waals surface area contributed by atoms with Crippen molar-refractivity contribution in [2.24, 2.45) is 0 Å². The third-order valence-electron chi connectivity index (χ3n) is 10.8. The second-order valence-corrected chi connectivity index (χ2v) is 15.6. The molecule has 3 heterocycles.